The average Bonchev–Trinajstić information content (AvgIpc) is 3.36. The monoisotopic (exact) mass is 516 g/mol. The van der Waals surface area contributed by atoms with Crippen LogP contribution in [0.3, 0.4) is 0 Å². The lowest BCUT2D eigenvalue weighted by atomic mass is 9.85. The molecular formula is C29H32N4O5. The second-order valence-corrected chi connectivity index (χ2v) is 10.1. The zero-order valence-corrected chi connectivity index (χ0v) is 21.9. The van der Waals surface area contributed by atoms with E-state index in [0.717, 1.165) is 16.5 Å². The summed E-state index contributed by atoms with van der Waals surface area (Å²) in [6.07, 6.45) is -0.123. The van der Waals surface area contributed by atoms with Crippen LogP contribution in [0.1, 0.15) is 49.3 Å². The molecule has 1 aliphatic rings. The Hall–Kier alpha value is -4.27. The Labute approximate surface area is 221 Å². The number of carbonyl (C=O) groups excluding carboxylic acids is 5. The number of amides is 4. The smallest absolute Gasteiger partial charge is 0.268 e. The maximum absolute atomic E-state index is 13.3. The van der Waals surface area contributed by atoms with E-state index in [1.165, 1.54) is 6.92 Å². The van der Waals surface area contributed by atoms with Crippen LogP contribution in [-0.2, 0) is 26.2 Å². The van der Waals surface area contributed by atoms with Crippen molar-refractivity contribution in [2.75, 3.05) is 0 Å². The summed E-state index contributed by atoms with van der Waals surface area (Å²) in [5, 5.41) is 8.85. The first kappa shape index (κ1) is 26.8. The van der Waals surface area contributed by atoms with E-state index < -0.39 is 47.4 Å². The SMILES string of the molecule is CC(C)[C@H](NC(=O)C[C@H](NC(=O)c1cc2ccccc2n1C)c1ccccc1)C(=O)[C@@H]1C(=O)NC(=O)[C@H]1C. The summed E-state index contributed by atoms with van der Waals surface area (Å²) in [7, 11) is 1.81. The zero-order chi connectivity index (χ0) is 27.6. The van der Waals surface area contributed by atoms with Gasteiger partial charge in [0, 0.05) is 18.0 Å². The van der Waals surface area contributed by atoms with E-state index in [0.29, 0.717) is 5.69 Å². The van der Waals surface area contributed by atoms with E-state index in [9.17, 15) is 24.0 Å². The van der Waals surface area contributed by atoms with Crippen molar-refractivity contribution in [1.29, 1.82) is 0 Å². The molecule has 2 heterocycles. The molecule has 9 heteroatoms. The fraction of sp³-hybridized carbons (Fsp3) is 0.345. The van der Waals surface area contributed by atoms with E-state index in [1.54, 1.807) is 24.5 Å². The van der Waals surface area contributed by atoms with Gasteiger partial charge in [-0.2, -0.15) is 0 Å². The molecule has 4 atom stereocenters. The molecule has 1 saturated heterocycles. The van der Waals surface area contributed by atoms with E-state index in [4.69, 9.17) is 0 Å². The minimum Gasteiger partial charge on any atom is -0.346 e. The third kappa shape index (κ3) is 5.37. The lowest BCUT2D eigenvalue weighted by Crippen LogP contribution is -2.49. The molecule has 38 heavy (non-hydrogen) atoms. The van der Waals surface area contributed by atoms with Crippen LogP contribution in [-0.4, -0.2) is 40.0 Å². The summed E-state index contributed by atoms with van der Waals surface area (Å²) in [4.78, 5) is 63.9. The molecule has 1 fully saturated rings. The number of imide groups is 1. The average molecular weight is 517 g/mol. The number of hydrogen-bond acceptors (Lipinski definition) is 5. The van der Waals surface area contributed by atoms with Crippen molar-refractivity contribution in [3.63, 3.8) is 0 Å². The van der Waals surface area contributed by atoms with Gasteiger partial charge in [-0.1, -0.05) is 69.3 Å². The third-order valence-corrected chi connectivity index (χ3v) is 7.12. The molecule has 0 radical (unpaired) electrons. The second-order valence-electron chi connectivity index (χ2n) is 10.1. The highest BCUT2D eigenvalue weighted by molar-refractivity contribution is 6.16. The zero-order valence-electron chi connectivity index (χ0n) is 21.9. The molecule has 3 N–H and O–H groups in total. The van der Waals surface area contributed by atoms with Crippen LogP contribution >= 0.6 is 0 Å². The van der Waals surface area contributed by atoms with Crippen molar-refractivity contribution in [3.8, 4) is 0 Å². The molecule has 198 valence electrons. The van der Waals surface area contributed by atoms with Crippen molar-refractivity contribution < 1.29 is 24.0 Å². The van der Waals surface area contributed by atoms with Gasteiger partial charge in [0.05, 0.1) is 24.4 Å². The van der Waals surface area contributed by atoms with Gasteiger partial charge in [-0.05, 0) is 23.6 Å². The van der Waals surface area contributed by atoms with E-state index in [-0.39, 0.29) is 18.2 Å². The molecule has 0 aliphatic carbocycles. The van der Waals surface area contributed by atoms with Gasteiger partial charge in [-0.25, -0.2) is 0 Å². The summed E-state index contributed by atoms with van der Waals surface area (Å²) in [5.74, 6) is -4.70. The van der Waals surface area contributed by atoms with Crippen LogP contribution in [0.2, 0.25) is 0 Å². The van der Waals surface area contributed by atoms with Gasteiger partial charge in [-0.15, -0.1) is 0 Å². The van der Waals surface area contributed by atoms with Crippen LogP contribution in [0.15, 0.2) is 60.7 Å². The number of rotatable bonds is 9. The Kier molecular flexibility index (Phi) is 7.75. The summed E-state index contributed by atoms with van der Waals surface area (Å²) in [6, 6.07) is 17.0. The Morgan fingerprint density at radius 3 is 2.21 bits per heavy atom. The molecule has 9 nitrogen and oxygen atoms in total. The summed E-state index contributed by atoms with van der Waals surface area (Å²) in [5.41, 5.74) is 2.10. The van der Waals surface area contributed by atoms with Gasteiger partial charge < -0.3 is 15.2 Å². The van der Waals surface area contributed by atoms with Gasteiger partial charge >= 0.3 is 0 Å². The van der Waals surface area contributed by atoms with Crippen LogP contribution < -0.4 is 16.0 Å². The Morgan fingerprint density at radius 1 is 0.947 bits per heavy atom. The molecular weight excluding hydrogens is 484 g/mol. The highest BCUT2D eigenvalue weighted by Crippen LogP contribution is 2.25. The first-order valence-electron chi connectivity index (χ1n) is 12.7. The highest BCUT2D eigenvalue weighted by Gasteiger charge is 2.46. The van der Waals surface area contributed by atoms with Gasteiger partial charge in [0.2, 0.25) is 17.7 Å². The number of aryl methyl sites for hydroxylation is 1. The number of para-hydroxylation sites is 1. The van der Waals surface area contributed by atoms with Crippen molar-refractivity contribution >= 4 is 40.3 Å². The van der Waals surface area contributed by atoms with E-state index in [1.807, 2.05) is 61.6 Å². The van der Waals surface area contributed by atoms with Gasteiger partial charge in [0.1, 0.15) is 11.6 Å². The topological polar surface area (TPSA) is 126 Å². The number of aromatic nitrogens is 1. The Morgan fingerprint density at radius 2 is 1.61 bits per heavy atom. The van der Waals surface area contributed by atoms with Gasteiger partial charge in [0.15, 0.2) is 5.78 Å². The molecule has 0 bridgehead atoms. The van der Waals surface area contributed by atoms with Crippen LogP contribution in [0.4, 0.5) is 0 Å². The molecule has 3 aromatic rings. The van der Waals surface area contributed by atoms with Crippen molar-refractivity contribution in [2.24, 2.45) is 24.8 Å². The van der Waals surface area contributed by atoms with Crippen molar-refractivity contribution in [3.05, 3.63) is 71.9 Å². The number of benzene rings is 2. The first-order valence-corrected chi connectivity index (χ1v) is 12.7. The van der Waals surface area contributed by atoms with Crippen LogP contribution in [0.5, 0.6) is 0 Å². The minimum absolute atomic E-state index is 0.123. The second kappa shape index (κ2) is 11.0. The van der Waals surface area contributed by atoms with Crippen molar-refractivity contribution in [2.45, 2.75) is 39.3 Å². The van der Waals surface area contributed by atoms with Crippen LogP contribution in [0.25, 0.3) is 10.9 Å². The Balaban J connectivity index is 1.53. The standard InChI is InChI=1S/C29H32N4O5/c1-16(2)25(26(35)24-17(3)27(36)32-29(24)38)31-23(34)15-20(18-10-6-5-7-11-18)30-28(37)22-14-19-12-8-9-13-21(19)33(22)4/h5-14,16-17,20,24-25H,15H2,1-4H3,(H,30,37)(H,31,34)(H,32,36,38)/t17-,20-,24+,25-/m0/s1. The van der Waals surface area contributed by atoms with Crippen molar-refractivity contribution in [1.82, 2.24) is 20.5 Å². The highest BCUT2D eigenvalue weighted by atomic mass is 16.2. The van der Waals surface area contributed by atoms with E-state index >= 15 is 0 Å². The van der Waals surface area contributed by atoms with Crippen LogP contribution in [0, 0.1) is 17.8 Å². The number of Topliss-reactive ketones (excluding diaryl/α,β-unsaturated/α-hetero) is 1. The minimum atomic E-state index is -1.15. The lowest BCUT2D eigenvalue weighted by Gasteiger charge is -2.26. The molecule has 4 rings (SSSR count). The first-order chi connectivity index (χ1) is 18.1. The number of carbonyl (C=O) groups is 5. The number of hydrogen-bond donors (Lipinski definition) is 3. The number of nitrogens with zero attached hydrogens (tertiary/aromatic N) is 1. The maximum atomic E-state index is 13.3. The quantitative estimate of drug-likeness (QED) is 0.298. The molecule has 0 saturated carbocycles. The molecule has 1 aliphatic heterocycles. The summed E-state index contributed by atoms with van der Waals surface area (Å²) in [6.45, 7) is 5.05. The number of fused-ring (bicyclic) bond motifs is 1. The molecule has 1 aromatic heterocycles. The van der Waals surface area contributed by atoms with Gasteiger partial charge in [0.25, 0.3) is 5.91 Å². The molecule has 2 aromatic carbocycles. The predicted octanol–water partition coefficient (Wildman–Crippen LogP) is 2.66. The fourth-order valence-electron chi connectivity index (χ4n) is 4.92. The largest absolute Gasteiger partial charge is 0.346 e. The van der Waals surface area contributed by atoms with E-state index in [2.05, 4.69) is 16.0 Å². The predicted molar refractivity (Wildman–Crippen MR) is 142 cm³/mol. The normalized spacial score (nSPS) is 18.8. The molecule has 4 amide bonds. The summed E-state index contributed by atoms with van der Waals surface area (Å²) >= 11 is 0. The molecule has 0 spiro atoms. The Bertz CT molecular complexity index is 1390. The maximum Gasteiger partial charge on any atom is 0.268 e. The molecule has 0 unspecified atom stereocenters. The third-order valence-electron chi connectivity index (χ3n) is 7.12. The van der Waals surface area contributed by atoms with Gasteiger partial charge in [-0.3, -0.25) is 29.3 Å². The summed E-state index contributed by atoms with van der Waals surface area (Å²) < 4.78 is 1.80. The lowest BCUT2D eigenvalue weighted by molar-refractivity contribution is -0.137. The number of nitrogens with one attached hydrogen (secondary N) is 3. The fourth-order valence-corrected chi connectivity index (χ4v) is 4.92. The number of ketones is 1.